The largest absolute Gasteiger partial charge is 0.378 e. The van der Waals surface area contributed by atoms with Crippen LogP contribution < -0.4 is 0 Å². The number of amides is 1. The summed E-state index contributed by atoms with van der Waals surface area (Å²) in [6.07, 6.45) is 3.48. The average Bonchev–Trinajstić information content (AvgIpc) is 2.80. The molecule has 2 rings (SSSR count). The van der Waals surface area contributed by atoms with Crippen LogP contribution in [0.2, 0.25) is 0 Å². The van der Waals surface area contributed by atoms with Gasteiger partial charge in [-0.1, -0.05) is 22.9 Å². The van der Waals surface area contributed by atoms with Crippen molar-refractivity contribution in [3.63, 3.8) is 0 Å². The van der Waals surface area contributed by atoms with Crippen LogP contribution in [0.15, 0.2) is 0 Å². The second kappa shape index (κ2) is 4.83. The molecular weight excluding hydrogens is 258 g/mol. The van der Waals surface area contributed by atoms with Crippen molar-refractivity contribution in [2.75, 3.05) is 19.7 Å². The van der Waals surface area contributed by atoms with Gasteiger partial charge in [0.2, 0.25) is 5.91 Å². The Bertz CT molecular complexity index is 247. The number of rotatable bonds is 3. The first-order valence-corrected chi connectivity index (χ1v) is 6.68. The third-order valence-electron chi connectivity index (χ3n) is 3.44. The summed E-state index contributed by atoms with van der Waals surface area (Å²) in [7, 11) is 0. The van der Waals surface area contributed by atoms with Gasteiger partial charge >= 0.3 is 0 Å². The van der Waals surface area contributed by atoms with Crippen LogP contribution in [0.3, 0.4) is 0 Å². The van der Waals surface area contributed by atoms with Gasteiger partial charge in [0.25, 0.3) is 0 Å². The molecule has 0 bridgehead atoms. The number of carbonyl (C=O) groups is 1. The maximum absolute atomic E-state index is 11.7. The van der Waals surface area contributed by atoms with Crippen LogP contribution in [0, 0.1) is 5.92 Å². The molecule has 2 saturated heterocycles. The molecule has 2 heterocycles. The van der Waals surface area contributed by atoms with Gasteiger partial charge in [-0.25, -0.2) is 0 Å². The summed E-state index contributed by atoms with van der Waals surface area (Å²) in [4.78, 5) is 13.8. The molecule has 0 aromatic rings. The highest BCUT2D eigenvalue weighted by Crippen LogP contribution is 2.27. The Morgan fingerprint density at radius 2 is 2.33 bits per heavy atom. The van der Waals surface area contributed by atoms with Crippen LogP contribution in [0.4, 0.5) is 0 Å². The van der Waals surface area contributed by atoms with Crippen molar-refractivity contribution in [2.45, 2.75) is 37.1 Å². The van der Waals surface area contributed by atoms with Gasteiger partial charge in [0.05, 0.1) is 10.9 Å². The molecule has 2 fully saturated rings. The number of likely N-dealkylation sites (tertiary alicyclic amines) is 1. The molecule has 2 aliphatic heterocycles. The van der Waals surface area contributed by atoms with E-state index < -0.39 is 0 Å². The van der Waals surface area contributed by atoms with Gasteiger partial charge in [0.1, 0.15) is 0 Å². The van der Waals surface area contributed by atoms with Gasteiger partial charge in [-0.15, -0.1) is 0 Å². The van der Waals surface area contributed by atoms with Crippen LogP contribution in [-0.4, -0.2) is 41.4 Å². The van der Waals surface area contributed by atoms with Crippen LogP contribution >= 0.6 is 15.9 Å². The molecule has 3 atom stereocenters. The van der Waals surface area contributed by atoms with Crippen molar-refractivity contribution in [3.8, 4) is 0 Å². The summed E-state index contributed by atoms with van der Waals surface area (Å²) in [6.45, 7) is 4.81. The Balaban J connectivity index is 1.89. The van der Waals surface area contributed by atoms with Crippen molar-refractivity contribution in [1.29, 1.82) is 0 Å². The summed E-state index contributed by atoms with van der Waals surface area (Å²) < 4.78 is 5.64. The highest BCUT2D eigenvalue weighted by Gasteiger charge is 2.34. The highest BCUT2D eigenvalue weighted by atomic mass is 79.9. The van der Waals surface area contributed by atoms with E-state index in [4.69, 9.17) is 4.74 Å². The first-order chi connectivity index (χ1) is 7.22. The van der Waals surface area contributed by atoms with E-state index in [1.54, 1.807) is 0 Å². The summed E-state index contributed by atoms with van der Waals surface area (Å²) in [5.41, 5.74) is 0. The molecule has 3 unspecified atom stereocenters. The number of hydrogen-bond donors (Lipinski definition) is 0. The fourth-order valence-electron chi connectivity index (χ4n) is 2.52. The Labute approximate surface area is 99.3 Å². The zero-order valence-corrected chi connectivity index (χ0v) is 10.7. The first kappa shape index (κ1) is 11.4. The molecule has 0 N–H and O–H groups in total. The number of carbonyl (C=O) groups excluding carboxylic acids is 1. The number of nitrogens with zero attached hydrogens (tertiary/aromatic N) is 1. The fraction of sp³-hybridized carbons (Fsp3) is 0.909. The van der Waals surface area contributed by atoms with Gasteiger partial charge in [0, 0.05) is 25.6 Å². The quantitative estimate of drug-likeness (QED) is 0.736. The van der Waals surface area contributed by atoms with E-state index in [-0.39, 0.29) is 10.7 Å². The van der Waals surface area contributed by atoms with Crippen LogP contribution in [-0.2, 0) is 9.53 Å². The molecule has 0 saturated carbocycles. The molecule has 4 heteroatoms. The molecule has 0 spiro atoms. The van der Waals surface area contributed by atoms with Crippen LogP contribution in [0.1, 0.15) is 26.2 Å². The van der Waals surface area contributed by atoms with E-state index in [1.807, 2.05) is 4.90 Å². The minimum atomic E-state index is 0.0555. The Kier molecular flexibility index (Phi) is 3.67. The number of halogens is 1. The summed E-state index contributed by atoms with van der Waals surface area (Å²) in [5, 5.41) is 0. The third-order valence-corrected chi connectivity index (χ3v) is 4.29. The van der Waals surface area contributed by atoms with Crippen molar-refractivity contribution in [2.24, 2.45) is 5.92 Å². The number of alkyl halides is 1. The molecule has 86 valence electrons. The Hall–Kier alpha value is -0.0900. The van der Waals surface area contributed by atoms with Gasteiger partial charge in [-0.05, 0) is 19.3 Å². The smallest absolute Gasteiger partial charge is 0.236 e. The average molecular weight is 276 g/mol. The topological polar surface area (TPSA) is 29.5 Å². The molecule has 0 aromatic heterocycles. The normalized spacial score (nSPS) is 36.5. The molecule has 2 aliphatic rings. The lowest BCUT2D eigenvalue weighted by Gasteiger charge is -2.23. The Morgan fingerprint density at radius 3 is 2.93 bits per heavy atom. The lowest BCUT2D eigenvalue weighted by molar-refractivity contribution is -0.127. The molecule has 0 radical (unpaired) electrons. The maximum Gasteiger partial charge on any atom is 0.236 e. The van der Waals surface area contributed by atoms with E-state index in [9.17, 15) is 4.79 Å². The molecule has 15 heavy (non-hydrogen) atoms. The maximum atomic E-state index is 11.7. The van der Waals surface area contributed by atoms with Crippen molar-refractivity contribution < 1.29 is 9.53 Å². The number of ether oxygens (including phenoxy) is 1. The van der Waals surface area contributed by atoms with Gasteiger partial charge in [-0.3, -0.25) is 4.79 Å². The van der Waals surface area contributed by atoms with E-state index >= 15 is 0 Å². The van der Waals surface area contributed by atoms with E-state index in [0.717, 1.165) is 39.0 Å². The third kappa shape index (κ3) is 2.36. The van der Waals surface area contributed by atoms with Crippen LogP contribution in [0.25, 0.3) is 0 Å². The van der Waals surface area contributed by atoms with Crippen molar-refractivity contribution in [1.82, 2.24) is 4.90 Å². The lowest BCUT2D eigenvalue weighted by Crippen LogP contribution is -2.35. The minimum absolute atomic E-state index is 0.0555. The molecule has 0 aromatic carbocycles. The van der Waals surface area contributed by atoms with Crippen LogP contribution in [0.5, 0.6) is 0 Å². The standard InChI is InChI=1S/C11H18BrNO2/c1-2-10-8(4-6-15-10)7-13-5-3-9(12)11(13)14/h8-10H,2-7H2,1H3. The highest BCUT2D eigenvalue weighted by molar-refractivity contribution is 9.10. The van der Waals surface area contributed by atoms with E-state index in [1.165, 1.54) is 0 Å². The Morgan fingerprint density at radius 1 is 1.53 bits per heavy atom. The molecule has 0 aliphatic carbocycles. The van der Waals surface area contributed by atoms with E-state index in [0.29, 0.717) is 12.0 Å². The van der Waals surface area contributed by atoms with Crippen molar-refractivity contribution >= 4 is 21.8 Å². The molecule has 1 amide bonds. The second-order valence-electron chi connectivity index (χ2n) is 4.41. The monoisotopic (exact) mass is 275 g/mol. The van der Waals surface area contributed by atoms with Gasteiger partial charge in [0.15, 0.2) is 0 Å². The lowest BCUT2D eigenvalue weighted by atomic mass is 9.99. The molecular formula is C11H18BrNO2. The number of hydrogen-bond acceptors (Lipinski definition) is 2. The van der Waals surface area contributed by atoms with Gasteiger partial charge in [-0.2, -0.15) is 0 Å². The predicted molar refractivity (Wildman–Crippen MR) is 62.1 cm³/mol. The van der Waals surface area contributed by atoms with Gasteiger partial charge < -0.3 is 9.64 Å². The van der Waals surface area contributed by atoms with E-state index in [2.05, 4.69) is 22.9 Å². The summed E-state index contributed by atoms with van der Waals surface area (Å²) in [5.74, 6) is 0.813. The fourth-order valence-corrected chi connectivity index (χ4v) is 3.01. The first-order valence-electron chi connectivity index (χ1n) is 5.76. The minimum Gasteiger partial charge on any atom is -0.378 e. The second-order valence-corrected chi connectivity index (χ2v) is 5.51. The molecule has 3 nitrogen and oxygen atoms in total. The zero-order chi connectivity index (χ0) is 10.8. The SMILES string of the molecule is CCC1OCCC1CN1CCC(Br)C1=O. The zero-order valence-electron chi connectivity index (χ0n) is 9.12. The predicted octanol–water partition coefficient (Wildman–Crippen LogP) is 1.80. The van der Waals surface area contributed by atoms with Crippen molar-refractivity contribution in [3.05, 3.63) is 0 Å². The summed E-state index contributed by atoms with van der Waals surface area (Å²) in [6, 6.07) is 0. The summed E-state index contributed by atoms with van der Waals surface area (Å²) >= 11 is 3.40.